The number of benzene rings is 8. The summed E-state index contributed by atoms with van der Waals surface area (Å²) in [5, 5.41) is 8.09. The van der Waals surface area contributed by atoms with Crippen LogP contribution in [-0.4, -0.2) is 14.5 Å². The predicted molar refractivity (Wildman–Crippen MR) is 211 cm³/mol. The Morgan fingerprint density at radius 2 is 1.12 bits per heavy atom. The molecular weight excluding hydrogens is 657 g/mol. The molecule has 0 saturated carbocycles. The molecule has 2 heteroatoms. The third-order valence-corrected chi connectivity index (χ3v) is 13.2. The van der Waals surface area contributed by atoms with Crippen molar-refractivity contribution in [1.29, 1.82) is 0 Å². The van der Waals surface area contributed by atoms with E-state index in [1.54, 1.807) is 0 Å². The molecule has 1 nitrogen and oxygen atoms in total. The summed E-state index contributed by atoms with van der Waals surface area (Å²) in [7, 11) is 0. The molecule has 0 radical (unpaired) electrons. The molecule has 0 spiro atoms. The second-order valence-electron chi connectivity index (χ2n) is 13.7. The molecule has 9 aromatic rings. The van der Waals surface area contributed by atoms with E-state index < -0.39 is 0 Å². The Kier molecular flexibility index (Phi) is 6.31. The van der Waals surface area contributed by atoms with Gasteiger partial charge in [-0.1, -0.05) is 12.1 Å². The molecule has 0 N–H and O–H groups in total. The molecule has 10 rings (SSSR count). The Bertz CT molecular complexity index is 2750. The van der Waals surface area contributed by atoms with Crippen molar-refractivity contribution in [3.8, 4) is 22.3 Å². The van der Waals surface area contributed by atoms with Gasteiger partial charge in [-0.15, -0.1) is 0 Å². The molecule has 0 bridgehead atoms. The first-order valence-electron chi connectivity index (χ1n) is 17.0. The van der Waals surface area contributed by atoms with Gasteiger partial charge < -0.3 is 0 Å². The van der Waals surface area contributed by atoms with Crippen LogP contribution >= 0.6 is 0 Å². The van der Waals surface area contributed by atoms with E-state index in [1.807, 2.05) is 0 Å². The molecule has 1 aromatic heterocycles. The molecule has 1 aliphatic rings. The van der Waals surface area contributed by atoms with Crippen molar-refractivity contribution >= 4 is 72.4 Å². The summed E-state index contributed by atoms with van der Waals surface area (Å²) < 4.78 is 2.98. The number of rotatable bonds is 4. The predicted octanol–water partition coefficient (Wildman–Crippen LogP) is 12.8. The fraction of sp³-hybridized carbons (Fsp3) is 0.0638. The summed E-state index contributed by atoms with van der Waals surface area (Å²) >= 11 is 0.260. The third-order valence-electron chi connectivity index (χ3n) is 10.6. The van der Waals surface area contributed by atoms with Crippen molar-refractivity contribution < 1.29 is 0 Å². The maximum atomic E-state index is 2.49. The summed E-state index contributed by atoms with van der Waals surface area (Å²) in [5.74, 6) is 0. The first-order valence-corrected chi connectivity index (χ1v) is 18.7. The molecule has 1 aliphatic carbocycles. The monoisotopic (exact) mass is 691 g/mol. The summed E-state index contributed by atoms with van der Waals surface area (Å²) in [6, 6.07) is 61.0. The van der Waals surface area contributed by atoms with Crippen LogP contribution in [-0.2, 0) is 5.41 Å². The van der Waals surface area contributed by atoms with Crippen LogP contribution in [0.15, 0.2) is 164 Å². The van der Waals surface area contributed by atoms with E-state index in [-0.39, 0.29) is 19.9 Å². The fourth-order valence-electron chi connectivity index (χ4n) is 8.23. The van der Waals surface area contributed by atoms with Gasteiger partial charge in [-0.2, -0.15) is 0 Å². The molecule has 8 aromatic carbocycles. The second-order valence-corrected chi connectivity index (χ2v) is 15.9. The minimum absolute atomic E-state index is 0.0935. The van der Waals surface area contributed by atoms with Crippen LogP contribution in [0.2, 0.25) is 0 Å². The van der Waals surface area contributed by atoms with E-state index in [0.29, 0.717) is 0 Å². The van der Waals surface area contributed by atoms with Gasteiger partial charge >= 0.3 is 282 Å². The first-order chi connectivity index (χ1) is 24.1. The van der Waals surface area contributed by atoms with Gasteiger partial charge in [-0.05, 0) is 0 Å². The number of fused-ring (bicyclic) bond motifs is 10. The normalized spacial score (nSPS) is 13.3. The number of hydrogen-bond donors (Lipinski definition) is 0. The van der Waals surface area contributed by atoms with Crippen LogP contribution in [0.25, 0.3) is 63.1 Å². The quantitative estimate of drug-likeness (QED) is 0.131. The number of anilines is 3. The van der Waals surface area contributed by atoms with Gasteiger partial charge in [-0.25, -0.2) is 0 Å². The Morgan fingerprint density at radius 3 is 2.02 bits per heavy atom. The zero-order valence-corrected chi connectivity index (χ0v) is 29.2. The van der Waals surface area contributed by atoms with Crippen LogP contribution < -0.4 is 4.90 Å². The molecule has 0 unspecified atom stereocenters. The van der Waals surface area contributed by atoms with E-state index in [4.69, 9.17) is 0 Å². The zero-order chi connectivity index (χ0) is 32.7. The summed E-state index contributed by atoms with van der Waals surface area (Å²) in [5.41, 5.74) is 11.3. The Hall–Kier alpha value is -5.40. The van der Waals surface area contributed by atoms with Crippen molar-refractivity contribution in [2.75, 3.05) is 4.90 Å². The van der Waals surface area contributed by atoms with Crippen molar-refractivity contribution in [3.05, 3.63) is 175 Å². The standard InChI is InChI=1S/C47H33NSe/c1-47(2)41-17-9-6-15-36(41)37-27-25-34(29-42(37)47)48(43-18-10-7-14-35(43)30-12-4-3-5-13-30)33-24-22-31-20-21-32-23-26-39-38-16-8-11-19-44(38)49-46(39)45(32)40(31)28-33/h3-29H,1-2H3. The Morgan fingerprint density at radius 1 is 0.469 bits per heavy atom. The zero-order valence-electron chi connectivity index (χ0n) is 27.4. The maximum absolute atomic E-state index is 2.49. The van der Waals surface area contributed by atoms with Crippen molar-refractivity contribution in [2.24, 2.45) is 0 Å². The van der Waals surface area contributed by atoms with Gasteiger partial charge in [0.05, 0.1) is 0 Å². The fourth-order valence-corrected chi connectivity index (χ4v) is 10.9. The van der Waals surface area contributed by atoms with E-state index in [1.165, 1.54) is 85.6 Å². The van der Waals surface area contributed by atoms with Gasteiger partial charge in [0, 0.05) is 0 Å². The Labute approximate surface area is 292 Å². The second kappa shape index (κ2) is 10.8. The van der Waals surface area contributed by atoms with Crippen LogP contribution in [0.1, 0.15) is 25.0 Å². The average molecular weight is 691 g/mol. The Balaban J connectivity index is 1.26. The first kappa shape index (κ1) is 28.6. The molecule has 0 aliphatic heterocycles. The van der Waals surface area contributed by atoms with Gasteiger partial charge in [0.2, 0.25) is 0 Å². The van der Waals surface area contributed by atoms with E-state index >= 15 is 0 Å². The SMILES string of the molecule is CC1(C)c2ccccc2-c2ccc(N(c3ccc4ccc5ccc6c7ccccc7[se]c6c5c4c3)c3ccccc3-c3ccccc3)cc21. The number of nitrogens with zero attached hydrogens (tertiary/aromatic N) is 1. The average Bonchev–Trinajstić information content (AvgIpc) is 3.64. The summed E-state index contributed by atoms with van der Waals surface area (Å²) in [6.07, 6.45) is 0. The molecule has 0 fully saturated rings. The van der Waals surface area contributed by atoms with Crippen LogP contribution in [0.5, 0.6) is 0 Å². The third kappa shape index (κ3) is 4.31. The van der Waals surface area contributed by atoms with Gasteiger partial charge in [0.25, 0.3) is 0 Å². The molecular formula is C47H33NSe. The van der Waals surface area contributed by atoms with Crippen LogP contribution in [0, 0.1) is 0 Å². The van der Waals surface area contributed by atoms with Gasteiger partial charge in [0.15, 0.2) is 0 Å². The molecule has 0 atom stereocenters. The van der Waals surface area contributed by atoms with Crippen molar-refractivity contribution in [3.63, 3.8) is 0 Å². The van der Waals surface area contributed by atoms with Crippen molar-refractivity contribution in [2.45, 2.75) is 19.3 Å². The van der Waals surface area contributed by atoms with Crippen LogP contribution in [0.4, 0.5) is 17.1 Å². The number of hydrogen-bond acceptors (Lipinski definition) is 1. The topological polar surface area (TPSA) is 3.24 Å². The van der Waals surface area contributed by atoms with Crippen molar-refractivity contribution in [1.82, 2.24) is 0 Å². The molecule has 49 heavy (non-hydrogen) atoms. The molecule has 232 valence electrons. The van der Waals surface area contributed by atoms with Gasteiger partial charge in [-0.3, -0.25) is 0 Å². The van der Waals surface area contributed by atoms with Gasteiger partial charge in [0.1, 0.15) is 0 Å². The summed E-state index contributed by atoms with van der Waals surface area (Å²) in [6.45, 7) is 4.73. The van der Waals surface area contributed by atoms with E-state index in [0.717, 1.165) is 5.69 Å². The minimum atomic E-state index is -0.0935. The van der Waals surface area contributed by atoms with Crippen LogP contribution in [0.3, 0.4) is 0 Å². The number of para-hydroxylation sites is 1. The molecule has 1 heterocycles. The summed E-state index contributed by atoms with van der Waals surface area (Å²) in [4.78, 5) is 2.49. The van der Waals surface area contributed by atoms with E-state index in [9.17, 15) is 0 Å². The molecule has 0 saturated heterocycles. The van der Waals surface area contributed by atoms with E-state index in [2.05, 4.69) is 183 Å². The molecule has 0 amide bonds.